The zero-order valence-electron chi connectivity index (χ0n) is 22.2. The first-order valence-electron chi connectivity index (χ1n) is 13.3. The maximum absolute atomic E-state index is 6.47. The number of imidazole rings is 1. The van der Waals surface area contributed by atoms with Gasteiger partial charge in [-0.25, -0.2) is 4.98 Å². The van der Waals surface area contributed by atoms with Crippen molar-refractivity contribution < 1.29 is 4.74 Å². The number of nitrogens with zero attached hydrogens (tertiary/aromatic N) is 5. The van der Waals surface area contributed by atoms with Gasteiger partial charge in [-0.2, -0.15) is 0 Å². The Morgan fingerprint density at radius 1 is 0.842 bits per heavy atom. The second-order valence-corrected chi connectivity index (χ2v) is 10.5. The van der Waals surface area contributed by atoms with E-state index in [0.29, 0.717) is 0 Å². The Hall–Kier alpha value is -3.64. The van der Waals surface area contributed by atoms with E-state index in [4.69, 9.17) is 16.3 Å². The van der Waals surface area contributed by atoms with E-state index >= 15 is 0 Å². The molecule has 4 aromatic rings. The molecule has 3 aromatic carbocycles. The molecule has 1 aromatic heterocycles. The van der Waals surface area contributed by atoms with E-state index in [0.717, 1.165) is 56.3 Å². The number of halogens is 1. The summed E-state index contributed by atoms with van der Waals surface area (Å²) in [7, 11) is 4.15. The molecule has 5 rings (SSSR count). The lowest BCUT2D eigenvalue weighted by atomic mass is 10.1. The van der Waals surface area contributed by atoms with Gasteiger partial charge in [0.05, 0.1) is 12.9 Å². The molecule has 1 fully saturated rings. The quantitative estimate of drug-likeness (QED) is 0.251. The third-order valence-electron chi connectivity index (χ3n) is 7.16. The first-order chi connectivity index (χ1) is 18.5. The molecular formula is C31H36ClN5O. The van der Waals surface area contributed by atoms with Gasteiger partial charge in [0.25, 0.3) is 0 Å². The van der Waals surface area contributed by atoms with E-state index < -0.39 is 0 Å². The largest absolute Gasteiger partial charge is 0.489 e. The lowest BCUT2D eigenvalue weighted by Gasteiger charge is -2.37. The molecule has 38 heavy (non-hydrogen) atoms. The molecule has 6 nitrogen and oxygen atoms in total. The van der Waals surface area contributed by atoms with E-state index in [-0.39, 0.29) is 6.10 Å². The number of aromatic nitrogens is 2. The van der Waals surface area contributed by atoms with Gasteiger partial charge in [0.1, 0.15) is 11.9 Å². The Morgan fingerprint density at radius 2 is 1.45 bits per heavy atom. The normalized spacial score (nSPS) is 14.4. The van der Waals surface area contributed by atoms with Crippen LogP contribution in [0, 0.1) is 0 Å². The van der Waals surface area contributed by atoms with Gasteiger partial charge in [0.2, 0.25) is 0 Å². The van der Waals surface area contributed by atoms with Crippen molar-refractivity contribution in [2.75, 3.05) is 55.0 Å². The van der Waals surface area contributed by atoms with Crippen molar-refractivity contribution >= 4 is 28.7 Å². The molecule has 1 saturated heterocycles. The predicted molar refractivity (Wildman–Crippen MR) is 158 cm³/mol. The average Bonchev–Trinajstić information content (AvgIpc) is 3.46. The number of benzene rings is 3. The molecular weight excluding hydrogens is 494 g/mol. The van der Waals surface area contributed by atoms with E-state index in [1.807, 2.05) is 30.9 Å². The van der Waals surface area contributed by atoms with Gasteiger partial charge < -0.3 is 24.0 Å². The Balaban J connectivity index is 1.17. The fraction of sp³-hybridized carbons (Fsp3) is 0.323. The molecule has 0 spiro atoms. The van der Waals surface area contributed by atoms with E-state index in [1.54, 1.807) is 0 Å². The van der Waals surface area contributed by atoms with Crippen LogP contribution < -0.4 is 19.4 Å². The van der Waals surface area contributed by atoms with Crippen molar-refractivity contribution in [2.24, 2.45) is 0 Å². The SMILES string of the molecule is CN(C)c1ccc(N2CCN(c3ccc(OC(CCc4ccc(Cl)cc4)Cn4ccnc4)cc3)CC2)cc1. The maximum Gasteiger partial charge on any atom is 0.119 e. The lowest BCUT2D eigenvalue weighted by Crippen LogP contribution is -2.46. The number of aryl methyl sites for hydroxylation is 1. The fourth-order valence-corrected chi connectivity index (χ4v) is 5.03. The third kappa shape index (κ3) is 6.81. The van der Waals surface area contributed by atoms with Crippen molar-refractivity contribution in [3.8, 4) is 5.75 Å². The number of ether oxygens (including phenoxy) is 1. The number of rotatable bonds is 10. The van der Waals surface area contributed by atoms with Crippen LogP contribution in [-0.4, -0.2) is 55.9 Å². The molecule has 0 aliphatic carbocycles. The van der Waals surface area contributed by atoms with Crippen molar-refractivity contribution in [2.45, 2.75) is 25.5 Å². The van der Waals surface area contributed by atoms with Gasteiger partial charge in [0, 0.05) is 74.8 Å². The van der Waals surface area contributed by atoms with Crippen LogP contribution >= 0.6 is 11.6 Å². The second-order valence-electron chi connectivity index (χ2n) is 10.0. The smallest absolute Gasteiger partial charge is 0.119 e. The summed E-state index contributed by atoms with van der Waals surface area (Å²) >= 11 is 6.05. The first-order valence-corrected chi connectivity index (χ1v) is 13.7. The zero-order valence-corrected chi connectivity index (χ0v) is 23.0. The van der Waals surface area contributed by atoms with Crippen molar-refractivity contribution in [3.63, 3.8) is 0 Å². The van der Waals surface area contributed by atoms with Crippen LogP contribution in [0.3, 0.4) is 0 Å². The number of piperazine rings is 1. The number of hydrogen-bond acceptors (Lipinski definition) is 5. The highest BCUT2D eigenvalue weighted by atomic mass is 35.5. The molecule has 1 aliphatic heterocycles. The maximum atomic E-state index is 6.47. The molecule has 0 amide bonds. The highest BCUT2D eigenvalue weighted by molar-refractivity contribution is 6.30. The topological polar surface area (TPSA) is 36.8 Å². The van der Waals surface area contributed by atoms with Crippen molar-refractivity contribution in [1.29, 1.82) is 0 Å². The molecule has 0 bridgehead atoms. The summed E-state index contributed by atoms with van der Waals surface area (Å²) < 4.78 is 8.55. The number of anilines is 3. The highest BCUT2D eigenvalue weighted by Gasteiger charge is 2.18. The van der Waals surface area contributed by atoms with Gasteiger partial charge in [-0.15, -0.1) is 0 Å². The van der Waals surface area contributed by atoms with Gasteiger partial charge in [-0.3, -0.25) is 0 Å². The molecule has 7 heteroatoms. The predicted octanol–water partition coefficient (Wildman–Crippen LogP) is 6.01. The Morgan fingerprint density at radius 3 is 2.00 bits per heavy atom. The molecule has 2 heterocycles. The standard InChI is InChI=1S/C31H36ClN5O/c1-34(2)27-8-10-28(11-9-27)36-19-21-37(22-20-36)29-12-15-30(16-13-29)38-31(23-35-18-17-33-24-35)14-5-25-3-6-26(32)7-4-25/h3-4,6-13,15-18,24,31H,5,14,19-23H2,1-2H3. The first kappa shape index (κ1) is 26.0. The summed E-state index contributed by atoms with van der Waals surface area (Å²) in [6, 6.07) is 25.5. The Bertz CT molecular complexity index is 1250. The van der Waals surface area contributed by atoms with Crippen LogP contribution in [0.1, 0.15) is 12.0 Å². The molecule has 0 radical (unpaired) electrons. The monoisotopic (exact) mass is 529 g/mol. The summed E-state index contributed by atoms with van der Waals surface area (Å²) in [6.45, 7) is 4.78. The fourth-order valence-electron chi connectivity index (χ4n) is 4.91. The second kappa shape index (κ2) is 12.3. The minimum Gasteiger partial charge on any atom is -0.489 e. The van der Waals surface area contributed by atoms with Crippen LogP contribution in [0.2, 0.25) is 5.02 Å². The summed E-state index contributed by atoms with van der Waals surface area (Å²) in [5, 5.41) is 0.764. The van der Waals surface area contributed by atoms with E-state index in [1.165, 1.54) is 22.6 Å². The molecule has 1 unspecified atom stereocenters. The minimum absolute atomic E-state index is 0.0353. The van der Waals surface area contributed by atoms with Crippen LogP contribution in [0.4, 0.5) is 17.1 Å². The minimum atomic E-state index is 0.0353. The number of hydrogen-bond donors (Lipinski definition) is 0. The van der Waals surface area contributed by atoms with Crippen molar-refractivity contribution in [1.82, 2.24) is 9.55 Å². The lowest BCUT2D eigenvalue weighted by molar-refractivity contribution is 0.170. The van der Waals surface area contributed by atoms with Gasteiger partial charge in [-0.1, -0.05) is 23.7 Å². The van der Waals surface area contributed by atoms with E-state index in [9.17, 15) is 0 Å². The van der Waals surface area contributed by atoms with Gasteiger partial charge in [-0.05, 0) is 79.1 Å². The van der Waals surface area contributed by atoms with Crippen molar-refractivity contribution in [3.05, 3.63) is 102 Å². The molecule has 0 N–H and O–H groups in total. The van der Waals surface area contributed by atoms with Crippen LogP contribution in [0.25, 0.3) is 0 Å². The Labute approximate surface area is 231 Å². The van der Waals surface area contributed by atoms with Gasteiger partial charge >= 0.3 is 0 Å². The van der Waals surface area contributed by atoms with Crippen LogP contribution in [0.5, 0.6) is 5.75 Å². The van der Waals surface area contributed by atoms with Gasteiger partial charge in [0.15, 0.2) is 0 Å². The summed E-state index contributed by atoms with van der Waals surface area (Å²) in [4.78, 5) is 11.2. The molecule has 198 valence electrons. The summed E-state index contributed by atoms with van der Waals surface area (Å²) in [6.07, 6.45) is 7.50. The summed E-state index contributed by atoms with van der Waals surface area (Å²) in [5.41, 5.74) is 5.03. The van der Waals surface area contributed by atoms with E-state index in [2.05, 4.69) is 99.0 Å². The molecule has 0 saturated carbocycles. The zero-order chi connectivity index (χ0) is 26.3. The summed E-state index contributed by atoms with van der Waals surface area (Å²) in [5.74, 6) is 0.898. The molecule has 1 atom stereocenters. The van der Waals surface area contributed by atoms with Crippen LogP contribution in [-0.2, 0) is 13.0 Å². The van der Waals surface area contributed by atoms with Crippen LogP contribution in [0.15, 0.2) is 91.5 Å². The highest BCUT2D eigenvalue weighted by Crippen LogP contribution is 2.25. The molecule has 1 aliphatic rings. The third-order valence-corrected chi connectivity index (χ3v) is 7.41. The Kier molecular flexibility index (Phi) is 8.39. The average molecular weight is 530 g/mol.